The Balaban J connectivity index is 1.99. The first kappa shape index (κ1) is 18.5. The number of rotatable bonds is 6. The lowest BCUT2D eigenvalue weighted by Crippen LogP contribution is -2.25. The molecule has 0 unspecified atom stereocenters. The first-order valence-electron chi connectivity index (χ1n) is 7.19. The number of terminal acetylenes is 1. The first-order valence-corrected chi connectivity index (χ1v) is 8.18. The van der Waals surface area contributed by atoms with Crippen molar-refractivity contribution in [3.8, 4) is 12.3 Å². The van der Waals surface area contributed by atoms with E-state index in [4.69, 9.17) is 6.42 Å². The van der Waals surface area contributed by atoms with Crippen LogP contribution in [0, 0.1) is 24.0 Å². The van der Waals surface area contributed by atoms with Crippen LogP contribution in [-0.2, 0) is 4.79 Å². The van der Waals surface area contributed by atoms with E-state index in [1.807, 2.05) is 0 Å². The standard InChI is InChI=1S/C18H14F2N2O2S/c1-2-9-21-18(24)13-5-3-4-6-16(13)22-17(23)11-25-12-7-8-14(19)15(20)10-12/h1,3-8,10H,9,11H2,(H,21,24)(H,22,23). The molecule has 0 fully saturated rings. The predicted molar refractivity (Wildman–Crippen MR) is 93.3 cm³/mol. The Bertz CT molecular complexity index is 834. The number of thioether (sulfide) groups is 1. The van der Waals surface area contributed by atoms with E-state index in [9.17, 15) is 18.4 Å². The van der Waals surface area contributed by atoms with Crippen LogP contribution < -0.4 is 10.6 Å². The Morgan fingerprint density at radius 1 is 1.12 bits per heavy atom. The van der Waals surface area contributed by atoms with Gasteiger partial charge in [0.05, 0.1) is 23.5 Å². The summed E-state index contributed by atoms with van der Waals surface area (Å²) in [6.07, 6.45) is 5.10. The average molecular weight is 360 g/mol. The lowest BCUT2D eigenvalue weighted by Gasteiger charge is -2.10. The monoisotopic (exact) mass is 360 g/mol. The minimum atomic E-state index is -0.971. The molecule has 0 spiro atoms. The molecule has 2 rings (SSSR count). The number of carbonyl (C=O) groups is 2. The molecule has 128 valence electrons. The molecular weight excluding hydrogens is 346 g/mol. The molecule has 25 heavy (non-hydrogen) atoms. The third-order valence-electron chi connectivity index (χ3n) is 3.06. The van der Waals surface area contributed by atoms with Gasteiger partial charge in [-0.05, 0) is 30.3 Å². The highest BCUT2D eigenvalue weighted by molar-refractivity contribution is 8.00. The smallest absolute Gasteiger partial charge is 0.254 e. The SMILES string of the molecule is C#CCNC(=O)c1ccccc1NC(=O)CSc1ccc(F)c(F)c1. The zero-order chi connectivity index (χ0) is 18.2. The van der Waals surface area contributed by atoms with Gasteiger partial charge in [-0.25, -0.2) is 8.78 Å². The van der Waals surface area contributed by atoms with Crippen LogP contribution in [0.15, 0.2) is 47.4 Å². The number of hydrogen-bond donors (Lipinski definition) is 2. The van der Waals surface area contributed by atoms with E-state index in [2.05, 4.69) is 16.6 Å². The van der Waals surface area contributed by atoms with E-state index >= 15 is 0 Å². The van der Waals surface area contributed by atoms with Crippen molar-refractivity contribution in [2.24, 2.45) is 0 Å². The van der Waals surface area contributed by atoms with Crippen molar-refractivity contribution in [3.63, 3.8) is 0 Å². The largest absolute Gasteiger partial charge is 0.341 e. The van der Waals surface area contributed by atoms with Crippen LogP contribution in [0.1, 0.15) is 10.4 Å². The fourth-order valence-corrected chi connectivity index (χ4v) is 2.64. The molecule has 0 radical (unpaired) electrons. The zero-order valence-electron chi connectivity index (χ0n) is 13.0. The Hall–Kier alpha value is -2.85. The topological polar surface area (TPSA) is 58.2 Å². The summed E-state index contributed by atoms with van der Waals surface area (Å²) in [4.78, 5) is 24.5. The van der Waals surface area contributed by atoms with Gasteiger partial charge in [0, 0.05) is 4.90 Å². The van der Waals surface area contributed by atoms with Crippen LogP contribution in [-0.4, -0.2) is 24.1 Å². The Kier molecular flexibility index (Phi) is 6.54. The molecule has 2 aromatic carbocycles. The van der Waals surface area contributed by atoms with Crippen LogP contribution in [0.2, 0.25) is 0 Å². The van der Waals surface area contributed by atoms with Gasteiger partial charge >= 0.3 is 0 Å². The summed E-state index contributed by atoms with van der Waals surface area (Å²) in [6, 6.07) is 9.90. The van der Waals surface area contributed by atoms with E-state index in [1.165, 1.54) is 6.07 Å². The molecule has 0 bridgehead atoms. The maximum atomic E-state index is 13.1. The second-order valence-electron chi connectivity index (χ2n) is 4.85. The van der Waals surface area contributed by atoms with E-state index < -0.39 is 17.5 Å². The predicted octanol–water partition coefficient (Wildman–Crippen LogP) is 3.06. The lowest BCUT2D eigenvalue weighted by atomic mass is 10.1. The zero-order valence-corrected chi connectivity index (χ0v) is 13.8. The van der Waals surface area contributed by atoms with E-state index in [-0.39, 0.29) is 23.8 Å². The molecule has 0 atom stereocenters. The quantitative estimate of drug-likeness (QED) is 0.615. The van der Waals surface area contributed by atoms with Crippen LogP contribution in [0.4, 0.5) is 14.5 Å². The second kappa shape index (κ2) is 8.85. The van der Waals surface area contributed by atoms with Gasteiger partial charge in [-0.3, -0.25) is 9.59 Å². The highest BCUT2D eigenvalue weighted by Crippen LogP contribution is 2.21. The molecule has 2 N–H and O–H groups in total. The van der Waals surface area contributed by atoms with Gasteiger partial charge in [-0.2, -0.15) is 0 Å². The van der Waals surface area contributed by atoms with Gasteiger partial charge in [-0.1, -0.05) is 18.1 Å². The average Bonchev–Trinajstić information content (AvgIpc) is 2.61. The molecule has 4 nitrogen and oxygen atoms in total. The van der Waals surface area contributed by atoms with Crippen molar-refractivity contribution in [1.82, 2.24) is 5.32 Å². The van der Waals surface area contributed by atoms with Crippen molar-refractivity contribution >= 4 is 29.3 Å². The summed E-state index contributed by atoms with van der Waals surface area (Å²) in [5.74, 6) is -0.425. The summed E-state index contributed by atoms with van der Waals surface area (Å²) in [5.41, 5.74) is 0.622. The summed E-state index contributed by atoms with van der Waals surface area (Å²) in [6.45, 7) is 0.0765. The molecular formula is C18H14F2N2O2S. The molecule has 0 aromatic heterocycles. The molecule has 7 heteroatoms. The van der Waals surface area contributed by atoms with Crippen molar-refractivity contribution in [2.75, 3.05) is 17.6 Å². The third kappa shape index (κ3) is 5.33. The molecule has 2 aromatic rings. The number of halogens is 2. The minimum absolute atomic E-state index is 0.0224. The lowest BCUT2D eigenvalue weighted by molar-refractivity contribution is -0.113. The van der Waals surface area contributed by atoms with Gasteiger partial charge in [0.15, 0.2) is 11.6 Å². The second-order valence-corrected chi connectivity index (χ2v) is 5.89. The summed E-state index contributed by atoms with van der Waals surface area (Å²) >= 11 is 1.05. The Morgan fingerprint density at radius 3 is 2.60 bits per heavy atom. The molecule has 0 saturated heterocycles. The number of benzene rings is 2. The minimum Gasteiger partial charge on any atom is -0.341 e. The highest BCUT2D eigenvalue weighted by Gasteiger charge is 2.13. The van der Waals surface area contributed by atoms with Gasteiger partial charge in [0.1, 0.15) is 0 Å². The molecule has 0 aliphatic rings. The maximum Gasteiger partial charge on any atom is 0.254 e. The molecule has 0 aliphatic heterocycles. The Labute approximate surface area is 148 Å². The number of nitrogens with one attached hydrogen (secondary N) is 2. The number of carbonyl (C=O) groups excluding carboxylic acids is 2. The van der Waals surface area contributed by atoms with Gasteiger partial charge in [0.25, 0.3) is 5.91 Å². The van der Waals surface area contributed by atoms with Crippen molar-refractivity contribution < 1.29 is 18.4 Å². The summed E-state index contributed by atoms with van der Waals surface area (Å²) in [7, 11) is 0. The van der Waals surface area contributed by atoms with Crippen molar-refractivity contribution in [2.45, 2.75) is 4.90 Å². The van der Waals surface area contributed by atoms with Crippen LogP contribution in [0.5, 0.6) is 0 Å². The Morgan fingerprint density at radius 2 is 1.88 bits per heavy atom. The van der Waals surface area contributed by atoms with Crippen LogP contribution in [0.3, 0.4) is 0 Å². The van der Waals surface area contributed by atoms with Crippen LogP contribution >= 0.6 is 11.8 Å². The molecule has 0 aliphatic carbocycles. The maximum absolute atomic E-state index is 13.1. The van der Waals surface area contributed by atoms with Crippen molar-refractivity contribution in [3.05, 3.63) is 59.7 Å². The highest BCUT2D eigenvalue weighted by atomic mass is 32.2. The fourth-order valence-electron chi connectivity index (χ4n) is 1.92. The molecule has 2 amide bonds. The number of para-hydroxylation sites is 1. The third-order valence-corrected chi connectivity index (χ3v) is 4.05. The van der Waals surface area contributed by atoms with Gasteiger partial charge in [0.2, 0.25) is 5.91 Å². The number of hydrogen-bond acceptors (Lipinski definition) is 3. The van der Waals surface area contributed by atoms with E-state index in [0.717, 1.165) is 23.9 Å². The van der Waals surface area contributed by atoms with Gasteiger partial charge < -0.3 is 10.6 Å². The number of anilines is 1. The van der Waals surface area contributed by atoms with Crippen LogP contribution in [0.25, 0.3) is 0 Å². The van der Waals surface area contributed by atoms with E-state index in [0.29, 0.717) is 10.6 Å². The van der Waals surface area contributed by atoms with Gasteiger partial charge in [-0.15, -0.1) is 18.2 Å². The molecule has 0 saturated carbocycles. The number of amides is 2. The summed E-state index contributed by atoms with van der Waals surface area (Å²) < 4.78 is 26.0. The normalized spacial score (nSPS) is 9.96. The summed E-state index contributed by atoms with van der Waals surface area (Å²) in [5, 5.41) is 5.15. The molecule has 0 heterocycles. The first-order chi connectivity index (χ1) is 12.0. The fraction of sp³-hybridized carbons (Fsp3) is 0.111. The van der Waals surface area contributed by atoms with Crippen molar-refractivity contribution in [1.29, 1.82) is 0 Å². The van der Waals surface area contributed by atoms with E-state index in [1.54, 1.807) is 24.3 Å².